The highest BCUT2D eigenvalue weighted by atomic mass is 16.5. The molecular weight excluding hydrogens is 256 g/mol. The Morgan fingerprint density at radius 3 is 1.70 bits per heavy atom. The number of carbonyl (C=O) groups is 2. The normalized spacial score (nSPS) is 9.40. The molecule has 0 N–H and O–H groups in total. The van der Waals surface area contributed by atoms with Crippen LogP contribution in [-0.4, -0.2) is 11.9 Å². The highest BCUT2D eigenvalue weighted by Crippen LogP contribution is 2.14. The molecule has 1 aromatic carbocycles. The van der Waals surface area contributed by atoms with Crippen molar-refractivity contribution in [2.24, 2.45) is 0 Å². The minimum atomic E-state index is -0.492. The van der Waals surface area contributed by atoms with Crippen molar-refractivity contribution in [3.63, 3.8) is 0 Å². The molecule has 0 amide bonds. The Kier molecular flexibility index (Phi) is 5.97. The lowest BCUT2D eigenvalue weighted by Gasteiger charge is -2.08. The lowest BCUT2D eigenvalue weighted by Crippen LogP contribution is -2.03. The minimum Gasteiger partial charge on any atom is -0.458 e. The number of ether oxygens (including phenoxy) is 2. The lowest BCUT2D eigenvalue weighted by atomic mass is 10.1. The van der Waals surface area contributed by atoms with Crippen molar-refractivity contribution in [2.45, 2.75) is 13.2 Å². The van der Waals surface area contributed by atoms with Crippen molar-refractivity contribution >= 4 is 18.0 Å². The third kappa shape index (κ3) is 4.94. The second-order valence-corrected chi connectivity index (χ2v) is 3.91. The zero-order valence-electron chi connectivity index (χ0n) is 11.1. The summed E-state index contributed by atoms with van der Waals surface area (Å²) < 4.78 is 9.93. The predicted octanol–water partition coefficient (Wildman–Crippen LogP) is 2.79. The number of carbonyl (C=O) groups excluding carboxylic acids is 2. The summed E-state index contributed by atoms with van der Waals surface area (Å²) in [5, 5.41) is 0. The topological polar surface area (TPSA) is 52.6 Å². The molecule has 0 aromatic heterocycles. The SMILES string of the molecule is C=CC(=O)OCc1cc(C=C)cc(COC(=O)C=C)c1. The second-order valence-electron chi connectivity index (χ2n) is 3.91. The first-order valence-electron chi connectivity index (χ1n) is 5.92. The third-order valence-electron chi connectivity index (χ3n) is 2.41. The molecule has 0 radical (unpaired) electrons. The van der Waals surface area contributed by atoms with E-state index in [2.05, 4.69) is 19.7 Å². The molecule has 0 fully saturated rings. The van der Waals surface area contributed by atoms with Gasteiger partial charge in [-0.25, -0.2) is 9.59 Å². The van der Waals surface area contributed by atoms with Crippen LogP contribution in [0, 0.1) is 0 Å². The molecule has 104 valence electrons. The zero-order chi connectivity index (χ0) is 15.0. The smallest absolute Gasteiger partial charge is 0.330 e. The number of esters is 2. The summed E-state index contributed by atoms with van der Waals surface area (Å²) in [6, 6.07) is 5.46. The van der Waals surface area contributed by atoms with E-state index in [0.717, 1.165) is 28.8 Å². The molecule has 0 spiro atoms. The second kappa shape index (κ2) is 7.74. The van der Waals surface area contributed by atoms with Crippen LogP contribution in [0.25, 0.3) is 6.08 Å². The van der Waals surface area contributed by atoms with Crippen LogP contribution < -0.4 is 0 Å². The van der Waals surface area contributed by atoms with Crippen LogP contribution in [0.3, 0.4) is 0 Å². The Bertz CT molecular complexity index is 501. The molecule has 4 heteroatoms. The zero-order valence-corrected chi connectivity index (χ0v) is 11.1. The summed E-state index contributed by atoms with van der Waals surface area (Å²) in [5.74, 6) is -0.984. The molecule has 1 rings (SSSR count). The van der Waals surface area contributed by atoms with Crippen LogP contribution >= 0.6 is 0 Å². The first kappa shape index (κ1) is 15.4. The van der Waals surface area contributed by atoms with E-state index < -0.39 is 11.9 Å². The van der Waals surface area contributed by atoms with Crippen LogP contribution in [0.4, 0.5) is 0 Å². The maximum Gasteiger partial charge on any atom is 0.330 e. The molecule has 0 saturated carbocycles. The Morgan fingerprint density at radius 2 is 1.35 bits per heavy atom. The summed E-state index contributed by atoms with van der Waals surface area (Å²) in [5.41, 5.74) is 2.41. The number of hydrogen-bond donors (Lipinski definition) is 0. The van der Waals surface area contributed by atoms with Gasteiger partial charge >= 0.3 is 11.9 Å². The molecule has 0 unspecified atom stereocenters. The van der Waals surface area contributed by atoms with Crippen LogP contribution in [0.5, 0.6) is 0 Å². The van der Waals surface area contributed by atoms with Gasteiger partial charge in [0.1, 0.15) is 13.2 Å². The van der Waals surface area contributed by atoms with Crippen molar-refractivity contribution < 1.29 is 19.1 Å². The van der Waals surface area contributed by atoms with E-state index in [1.54, 1.807) is 12.1 Å². The Morgan fingerprint density at radius 1 is 0.900 bits per heavy atom. The van der Waals surface area contributed by atoms with Crippen LogP contribution in [0.2, 0.25) is 0 Å². The molecule has 20 heavy (non-hydrogen) atoms. The van der Waals surface area contributed by atoms with E-state index in [4.69, 9.17) is 9.47 Å². The van der Waals surface area contributed by atoms with Gasteiger partial charge in [-0.1, -0.05) is 25.8 Å². The van der Waals surface area contributed by atoms with Crippen molar-refractivity contribution in [3.05, 3.63) is 66.8 Å². The maximum absolute atomic E-state index is 11.0. The first-order valence-corrected chi connectivity index (χ1v) is 5.92. The fourth-order valence-electron chi connectivity index (χ4n) is 1.50. The first-order chi connectivity index (χ1) is 9.58. The van der Waals surface area contributed by atoms with E-state index in [1.807, 2.05) is 12.1 Å². The molecule has 0 aliphatic heterocycles. The molecule has 0 saturated heterocycles. The van der Waals surface area contributed by atoms with E-state index in [9.17, 15) is 9.59 Å². The Labute approximate surface area is 118 Å². The molecular formula is C16H16O4. The summed E-state index contributed by atoms with van der Waals surface area (Å²) in [6.07, 6.45) is 3.87. The third-order valence-corrected chi connectivity index (χ3v) is 2.41. The highest BCUT2D eigenvalue weighted by Gasteiger charge is 2.04. The van der Waals surface area contributed by atoms with Crippen LogP contribution in [-0.2, 0) is 32.3 Å². The molecule has 0 bridgehead atoms. The minimum absolute atomic E-state index is 0.120. The number of rotatable bonds is 7. The van der Waals surface area contributed by atoms with Gasteiger partial charge in [0, 0.05) is 12.2 Å². The summed E-state index contributed by atoms with van der Waals surface area (Å²) in [4.78, 5) is 22.1. The summed E-state index contributed by atoms with van der Waals surface area (Å²) in [6.45, 7) is 10.6. The summed E-state index contributed by atoms with van der Waals surface area (Å²) >= 11 is 0. The highest BCUT2D eigenvalue weighted by molar-refractivity contribution is 5.81. The van der Waals surface area contributed by atoms with Gasteiger partial charge in [-0.3, -0.25) is 0 Å². The van der Waals surface area contributed by atoms with Gasteiger partial charge in [0.15, 0.2) is 0 Å². The largest absolute Gasteiger partial charge is 0.458 e. The van der Waals surface area contributed by atoms with Gasteiger partial charge in [-0.15, -0.1) is 0 Å². The molecule has 0 aliphatic rings. The van der Waals surface area contributed by atoms with Crippen molar-refractivity contribution in [1.82, 2.24) is 0 Å². The molecule has 4 nitrogen and oxygen atoms in total. The monoisotopic (exact) mass is 272 g/mol. The van der Waals surface area contributed by atoms with Crippen LogP contribution in [0.15, 0.2) is 50.1 Å². The lowest BCUT2D eigenvalue weighted by molar-refractivity contribution is -0.139. The Hall–Kier alpha value is -2.62. The maximum atomic E-state index is 11.0. The van der Waals surface area contributed by atoms with Gasteiger partial charge in [-0.2, -0.15) is 0 Å². The van der Waals surface area contributed by atoms with Crippen molar-refractivity contribution in [2.75, 3.05) is 0 Å². The van der Waals surface area contributed by atoms with Gasteiger partial charge in [0.25, 0.3) is 0 Å². The number of hydrogen-bond acceptors (Lipinski definition) is 4. The molecule has 0 atom stereocenters. The average Bonchev–Trinajstić information content (AvgIpc) is 2.49. The van der Waals surface area contributed by atoms with Crippen LogP contribution in [0.1, 0.15) is 16.7 Å². The van der Waals surface area contributed by atoms with Gasteiger partial charge < -0.3 is 9.47 Å². The standard InChI is InChI=1S/C16H16O4/c1-4-12-7-13(10-19-15(17)5-2)9-14(8-12)11-20-16(18)6-3/h4-9H,1-3,10-11H2. The van der Waals surface area contributed by atoms with E-state index >= 15 is 0 Å². The van der Waals surface area contributed by atoms with Gasteiger partial charge in [0.2, 0.25) is 0 Å². The fraction of sp³-hybridized carbons (Fsp3) is 0.125. The van der Waals surface area contributed by atoms with E-state index in [1.165, 1.54) is 0 Å². The molecule has 1 aromatic rings. The van der Waals surface area contributed by atoms with Crippen molar-refractivity contribution in [3.8, 4) is 0 Å². The number of benzene rings is 1. The molecule has 0 heterocycles. The average molecular weight is 272 g/mol. The quantitative estimate of drug-likeness (QED) is 0.565. The Balaban J connectivity index is 2.81. The van der Waals surface area contributed by atoms with Crippen molar-refractivity contribution in [1.29, 1.82) is 0 Å². The van der Waals surface area contributed by atoms with E-state index in [0.29, 0.717) is 0 Å². The predicted molar refractivity (Wildman–Crippen MR) is 76.5 cm³/mol. The molecule has 0 aliphatic carbocycles. The summed E-state index contributed by atoms with van der Waals surface area (Å²) in [7, 11) is 0. The van der Waals surface area contributed by atoms with E-state index in [-0.39, 0.29) is 13.2 Å². The van der Waals surface area contributed by atoms with Gasteiger partial charge in [-0.05, 0) is 34.9 Å². The van der Waals surface area contributed by atoms with Gasteiger partial charge in [0.05, 0.1) is 0 Å². The fourth-order valence-corrected chi connectivity index (χ4v) is 1.50.